The van der Waals surface area contributed by atoms with Crippen molar-refractivity contribution in [3.8, 4) is 5.75 Å². The second-order valence-corrected chi connectivity index (χ2v) is 10.1. The Hall–Kier alpha value is -2.95. The molecule has 1 aliphatic heterocycles. The third-order valence-corrected chi connectivity index (χ3v) is 8.63. The van der Waals surface area contributed by atoms with Crippen LogP contribution in [0, 0.1) is 0 Å². The maximum absolute atomic E-state index is 12.6. The molecule has 1 heterocycles. The number of fused-ring (bicyclic) bond motifs is 2. The highest BCUT2D eigenvalue weighted by atomic mass is 32.3. The Kier molecular flexibility index (Phi) is 4.56. The number of hydrogen-bond acceptors (Lipinski definition) is 6. The minimum Gasteiger partial charge on any atom is -0.481 e. The molecule has 0 radical (unpaired) electrons. The predicted octanol–water partition coefficient (Wildman–Crippen LogP) is 2.03. The van der Waals surface area contributed by atoms with E-state index in [1.165, 1.54) is 31.2 Å². The zero-order valence-corrected chi connectivity index (χ0v) is 16.8. The number of ether oxygens (including phenoxy) is 1. The second kappa shape index (κ2) is 6.83. The Balaban J connectivity index is 1.56. The van der Waals surface area contributed by atoms with Gasteiger partial charge in [0.05, 0.1) is 0 Å². The molecule has 0 unspecified atom stereocenters. The van der Waals surface area contributed by atoms with Crippen LogP contribution in [0.25, 0.3) is 10.8 Å². The van der Waals surface area contributed by atoms with Crippen LogP contribution in [0.1, 0.15) is 6.92 Å². The highest BCUT2D eigenvalue weighted by molar-refractivity contribution is 8.06. The number of hydrogen-bond donors (Lipinski definition) is 1. The van der Waals surface area contributed by atoms with Crippen molar-refractivity contribution in [2.24, 2.45) is 0 Å². The summed E-state index contributed by atoms with van der Waals surface area (Å²) in [4.78, 5) is 11.7. The standard InChI is InChI=1S/C19H16N2O6S2/c1-13(27-16-11-10-14-6-2-3-7-15(14)12-16)19(22)20-21-28(23,24)17-8-4-5-9-18(17)29(21,25)26/h2-13H,1H3,(H,20,22)/t13-/m1/s1. The monoisotopic (exact) mass is 432 g/mol. The Morgan fingerprint density at radius 2 is 1.41 bits per heavy atom. The van der Waals surface area contributed by atoms with Gasteiger partial charge in [-0.3, -0.25) is 10.2 Å². The van der Waals surface area contributed by atoms with Crippen LogP contribution in [0.2, 0.25) is 0 Å². The highest BCUT2D eigenvalue weighted by Gasteiger charge is 2.48. The molecule has 0 saturated carbocycles. The van der Waals surface area contributed by atoms with Gasteiger partial charge in [0.15, 0.2) is 6.10 Å². The normalized spacial score (nSPS) is 18.1. The van der Waals surface area contributed by atoms with Crippen LogP contribution in [0.4, 0.5) is 0 Å². The molecule has 0 saturated heterocycles. The SMILES string of the molecule is C[C@@H](Oc1ccc2ccccc2c1)C(=O)NN1S(=O)(=O)c2ccccc2S1(=O)=O. The van der Waals surface area contributed by atoms with E-state index in [-0.39, 0.29) is 13.6 Å². The van der Waals surface area contributed by atoms with Crippen LogP contribution in [0.15, 0.2) is 76.5 Å². The lowest BCUT2D eigenvalue weighted by Gasteiger charge is -2.19. The van der Waals surface area contributed by atoms with E-state index in [0.717, 1.165) is 10.8 Å². The van der Waals surface area contributed by atoms with Crippen LogP contribution in [0.3, 0.4) is 0 Å². The average molecular weight is 432 g/mol. The second-order valence-electron chi connectivity index (χ2n) is 6.40. The summed E-state index contributed by atoms with van der Waals surface area (Å²) in [7, 11) is -8.85. The quantitative estimate of drug-likeness (QED) is 0.676. The average Bonchev–Trinajstić information content (AvgIpc) is 2.85. The first-order chi connectivity index (χ1) is 13.7. The Morgan fingerprint density at radius 1 is 0.862 bits per heavy atom. The fourth-order valence-corrected chi connectivity index (χ4v) is 7.05. The van der Waals surface area contributed by atoms with Gasteiger partial charge in [0.2, 0.25) is 0 Å². The molecule has 8 nitrogen and oxygen atoms in total. The Bertz CT molecular complexity index is 1280. The molecular formula is C19H16N2O6S2. The highest BCUT2D eigenvalue weighted by Crippen LogP contribution is 2.34. The van der Waals surface area contributed by atoms with E-state index in [9.17, 15) is 21.6 Å². The van der Waals surface area contributed by atoms with E-state index < -0.39 is 32.1 Å². The van der Waals surface area contributed by atoms with Crippen LogP contribution < -0.4 is 10.2 Å². The maximum Gasteiger partial charge on any atom is 0.276 e. The van der Waals surface area contributed by atoms with Gasteiger partial charge in [-0.15, -0.1) is 0 Å². The van der Waals surface area contributed by atoms with Gasteiger partial charge in [0, 0.05) is 3.82 Å². The molecule has 1 atom stereocenters. The van der Waals surface area contributed by atoms with Crippen molar-refractivity contribution < 1.29 is 26.4 Å². The van der Waals surface area contributed by atoms with Crippen LogP contribution in [0.5, 0.6) is 5.75 Å². The molecule has 0 bridgehead atoms. The van der Waals surface area contributed by atoms with E-state index >= 15 is 0 Å². The Morgan fingerprint density at radius 3 is 2.03 bits per heavy atom. The van der Waals surface area contributed by atoms with Gasteiger partial charge in [0.1, 0.15) is 15.5 Å². The van der Waals surface area contributed by atoms with Crippen LogP contribution in [-0.2, 0) is 24.8 Å². The third kappa shape index (κ3) is 3.24. The summed E-state index contributed by atoms with van der Waals surface area (Å²) < 4.78 is 55.8. The number of sulfonamides is 2. The molecule has 1 aliphatic rings. The molecule has 0 fully saturated rings. The molecule has 4 rings (SSSR count). The summed E-state index contributed by atoms with van der Waals surface area (Å²) in [6.45, 7) is 1.40. The van der Waals surface area contributed by atoms with Gasteiger partial charge in [-0.05, 0) is 42.0 Å². The summed E-state index contributed by atoms with van der Waals surface area (Å²) in [5, 5.41) is 1.89. The summed E-state index contributed by atoms with van der Waals surface area (Å²) in [6.07, 6.45) is -1.15. The number of rotatable bonds is 4. The third-order valence-electron chi connectivity index (χ3n) is 4.45. The van der Waals surface area contributed by atoms with Gasteiger partial charge >= 0.3 is 0 Å². The lowest BCUT2D eigenvalue weighted by molar-refractivity contribution is -0.129. The first-order valence-electron chi connectivity index (χ1n) is 8.57. The molecule has 10 heteroatoms. The number of hydrazine groups is 1. The number of carbonyl (C=O) groups excluding carboxylic acids is 1. The first kappa shape index (κ1) is 19.4. The van der Waals surface area contributed by atoms with Crippen molar-refractivity contribution in [2.45, 2.75) is 22.8 Å². The van der Waals surface area contributed by atoms with Gasteiger partial charge < -0.3 is 4.74 Å². The van der Waals surface area contributed by atoms with Crippen molar-refractivity contribution in [1.82, 2.24) is 9.25 Å². The zero-order valence-electron chi connectivity index (χ0n) is 15.1. The van der Waals surface area contributed by atoms with Gasteiger partial charge in [-0.25, -0.2) is 16.8 Å². The molecule has 0 aromatic heterocycles. The largest absolute Gasteiger partial charge is 0.481 e. The number of nitrogens with one attached hydrogen (secondary N) is 1. The molecular weight excluding hydrogens is 416 g/mol. The maximum atomic E-state index is 12.6. The van der Waals surface area contributed by atoms with E-state index in [1.807, 2.05) is 35.8 Å². The van der Waals surface area contributed by atoms with Crippen LogP contribution >= 0.6 is 0 Å². The molecule has 1 amide bonds. The van der Waals surface area contributed by atoms with E-state index in [4.69, 9.17) is 4.74 Å². The number of carbonyl (C=O) groups is 1. The number of nitrogens with zero attached hydrogens (tertiary/aromatic N) is 1. The fraction of sp³-hybridized carbons (Fsp3) is 0.105. The van der Waals surface area contributed by atoms with Crippen LogP contribution in [-0.4, -0.2) is 32.7 Å². The zero-order chi connectivity index (χ0) is 20.8. The smallest absolute Gasteiger partial charge is 0.276 e. The van der Waals surface area contributed by atoms with Gasteiger partial charge in [-0.1, -0.05) is 42.5 Å². The van der Waals surface area contributed by atoms with Crippen molar-refractivity contribution in [3.05, 3.63) is 66.7 Å². The van der Waals surface area contributed by atoms with E-state index in [2.05, 4.69) is 0 Å². The Labute approximate surface area is 167 Å². The molecule has 150 valence electrons. The van der Waals surface area contributed by atoms with E-state index in [1.54, 1.807) is 12.1 Å². The molecule has 3 aromatic rings. The molecule has 1 N–H and O–H groups in total. The number of amides is 1. The van der Waals surface area contributed by atoms with Crippen molar-refractivity contribution >= 4 is 36.7 Å². The fourth-order valence-electron chi connectivity index (χ4n) is 2.98. The lowest BCUT2D eigenvalue weighted by Crippen LogP contribution is -2.50. The summed E-state index contributed by atoms with van der Waals surface area (Å²) >= 11 is 0. The van der Waals surface area contributed by atoms with Crippen molar-refractivity contribution in [1.29, 1.82) is 0 Å². The molecule has 29 heavy (non-hydrogen) atoms. The van der Waals surface area contributed by atoms with Crippen molar-refractivity contribution in [3.63, 3.8) is 0 Å². The van der Waals surface area contributed by atoms with E-state index in [0.29, 0.717) is 5.75 Å². The summed E-state index contributed by atoms with van der Waals surface area (Å²) in [6, 6.07) is 17.9. The number of benzene rings is 3. The summed E-state index contributed by atoms with van der Waals surface area (Å²) in [5.41, 5.74) is 1.96. The molecule has 0 spiro atoms. The van der Waals surface area contributed by atoms with Gasteiger partial charge in [-0.2, -0.15) is 0 Å². The topological polar surface area (TPSA) is 110 Å². The molecule has 3 aromatic carbocycles. The minimum atomic E-state index is -4.43. The van der Waals surface area contributed by atoms with Crippen molar-refractivity contribution in [2.75, 3.05) is 0 Å². The van der Waals surface area contributed by atoms with Gasteiger partial charge in [0.25, 0.3) is 26.0 Å². The minimum absolute atomic E-state index is 0.00669. The first-order valence-corrected chi connectivity index (χ1v) is 11.4. The molecule has 0 aliphatic carbocycles. The summed E-state index contributed by atoms with van der Waals surface area (Å²) in [5.74, 6) is -0.528. The predicted molar refractivity (Wildman–Crippen MR) is 105 cm³/mol. The lowest BCUT2D eigenvalue weighted by atomic mass is 10.1.